The van der Waals surface area contributed by atoms with Gasteiger partial charge in [0.1, 0.15) is 42.2 Å². The fraction of sp³-hybridized carbons (Fsp3) is 0.952. The molecule has 0 amide bonds. The first-order valence-electron chi connectivity index (χ1n) is 11.2. The number of aliphatic hydroxyl groups excluding tert-OH is 5. The molecule has 0 radical (unpaired) electrons. The van der Waals surface area contributed by atoms with Gasteiger partial charge in [-0.1, -0.05) is 13.8 Å². The molecule has 0 aromatic carbocycles. The zero-order chi connectivity index (χ0) is 23.2. The Balaban J connectivity index is 1.45. The van der Waals surface area contributed by atoms with Crippen LogP contribution in [0, 0.1) is 29.1 Å². The van der Waals surface area contributed by atoms with Crippen molar-refractivity contribution in [2.75, 3.05) is 13.2 Å². The number of carbonyl (C=O) groups is 1. The monoisotopic (exact) mass is 460 g/mol. The summed E-state index contributed by atoms with van der Waals surface area (Å²) in [6.45, 7) is 2.99. The maximum atomic E-state index is 12.7. The highest BCUT2D eigenvalue weighted by atomic mass is 16.8. The van der Waals surface area contributed by atoms with Crippen LogP contribution >= 0.6 is 0 Å². The van der Waals surface area contributed by atoms with E-state index in [4.69, 9.17) is 18.9 Å². The normalized spacial score (nSPS) is 57.4. The number of esters is 1. The summed E-state index contributed by atoms with van der Waals surface area (Å²) < 4.78 is 23.1. The molecule has 0 aromatic heterocycles. The zero-order valence-electron chi connectivity index (χ0n) is 18.0. The number of fused-ring (bicyclic) bond motifs is 4. The standard InChI is InChI=1S/C21H32O11/c1-7(5-22)10-11-8-3-4-21(28)19(31-16(20(8,21)2)15(10)30-17(11)27)32-18-14(26)13(25)12(24)9(6-23)29-18/h7-16,18-19,22-26,28H,3-6H2,1-2H3/t7?,8-,9?,10-,11+,12?,13?,14?,15+,16+,18?,19-,20-,21-/m0/s1. The lowest BCUT2D eigenvalue weighted by Crippen LogP contribution is -2.62. The van der Waals surface area contributed by atoms with Crippen LogP contribution in [0.15, 0.2) is 0 Å². The second-order valence-electron chi connectivity index (χ2n) is 10.2. The van der Waals surface area contributed by atoms with Gasteiger partial charge in [-0.25, -0.2) is 0 Å². The maximum absolute atomic E-state index is 12.7. The summed E-state index contributed by atoms with van der Waals surface area (Å²) in [6, 6.07) is 0. The van der Waals surface area contributed by atoms with Gasteiger partial charge in [0.2, 0.25) is 0 Å². The van der Waals surface area contributed by atoms with Crippen molar-refractivity contribution in [2.24, 2.45) is 29.1 Å². The molecule has 2 saturated carbocycles. The Morgan fingerprint density at radius 3 is 2.53 bits per heavy atom. The number of aliphatic hydroxyl groups is 6. The molecule has 2 aliphatic carbocycles. The van der Waals surface area contributed by atoms with Crippen molar-refractivity contribution in [1.29, 1.82) is 0 Å². The van der Waals surface area contributed by atoms with Crippen LogP contribution in [0.4, 0.5) is 0 Å². The van der Waals surface area contributed by atoms with E-state index < -0.39 is 72.7 Å². The smallest absolute Gasteiger partial charge is 0.310 e. The summed E-state index contributed by atoms with van der Waals surface area (Å²) in [6.07, 6.45) is -9.22. The number of ether oxygens (including phenoxy) is 4. The second-order valence-corrected chi connectivity index (χ2v) is 10.2. The minimum Gasteiger partial charge on any atom is -0.459 e. The fourth-order valence-corrected chi connectivity index (χ4v) is 7.05. The van der Waals surface area contributed by atoms with Gasteiger partial charge in [-0.05, 0) is 24.7 Å². The second kappa shape index (κ2) is 7.56. The van der Waals surface area contributed by atoms with Gasteiger partial charge in [-0.2, -0.15) is 0 Å². The first-order chi connectivity index (χ1) is 15.1. The number of hydrogen-bond donors (Lipinski definition) is 6. The Bertz CT molecular complexity index is 762. The highest BCUT2D eigenvalue weighted by Crippen LogP contribution is 2.69. The molecule has 3 saturated heterocycles. The summed E-state index contributed by atoms with van der Waals surface area (Å²) in [5.41, 5.74) is -2.39. The summed E-state index contributed by atoms with van der Waals surface area (Å²) in [7, 11) is 0. The highest BCUT2D eigenvalue weighted by molar-refractivity contribution is 5.77. The Morgan fingerprint density at radius 2 is 1.88 bits per heavy atom. The van der Waals surface area contributed by atoms with Crippen LogP contribution in [0.1, 0.15) is 26.7 Å². The predicted molar refractivity (Wildman–Crippen MR) is 102 cm³/mol. The third-order valence-corrected chi connectivity index (χ3v) is 8.89. The molecule has 11 nitrogen and oxygen atoms in total. The molecular weight excluding hydrogens is 428 g/mol. The van der Waals surface area contributed by atoms with E-state index in [9.17, 15) is 35.4 Å². The molecule has 5 aliphatic rings. The Hall–Kier alpha value is -0.890. The SMILES string of the molecule is CC(CO)[C@@H]1[C@H]2OC(=O)[C@@H]1[C@@H]1CC[C@]3(O)[C@H](OC4OC(CO)C(O)C(O)C4O)O[C@H]2[C@]13C. The van der Waals surface area contributed by atoms with E-state index >= 15 is 0 Å². The molecule has 5 rings (SSSR count). The lowest BCUT2D eigenvalue weighted by Gasteiger charge is -2.48. The van der Waals surface area contributed by atoms with Crippen molar-refractivity contribution in [2.45, 2.75) is 81.5 Å². The van der Waals surface area contributed by atoms with Crippen molar-refractivity contribution >= 4 is 5.97 Å². The van der Waals surface area contributed by atoms with Crippen molar-refractivity contribution in [1.82, 2.24) is 0 Å². The van der Waals surface area contributed by atoms with Crippen LogP contribution in [-0.2, 0) is 23.7 Å². The van der Waals surface area contributed by atoms with E-state index in [1.807, 2.05) is 13.8 Å². The van der Waals surface area contributed by atoms with Crippen molar-refractivity contribution in [3.63, 3.8) is 0 Å². The molecule has 2 bridgehead atoms. The lowest BCUT2D eigenvalue weighted by atomic mass is 9.54. The van der Waals surface area contributed by atoms with Gasteiger partial charge >= 0.3 is 5.97 Å². The quantitative estimate of drug-likeness (QED) is 0.239. The van der Waals surface area contributed by atoms with E-state index in [1.165, 1.54) is 0 Å². The Labute approximate surface area is 184 Å². The number of carbonyl (C=O) groups excluding carboxylic acids is 1. The van der Waals surface area contributed by atoms with Gasteiger partial charge < -0.3 is 49.6 Å². The molecule has 182 valence electrons. The highest BCUT2D eigenvalue weighted by Gasteiger charge is 2.79. The zero-order valence-corrected chi connectivity index (χ0v) is 18.0. The largest absolute Gasteiger partial charge is 0.459 e. The molecule has 6 unspecified atom stereocenters. The van der Waals surface area contributed by atoms with E-state index in [0.717, 1.165) is 0 Å². The molecule has 0 aromatic rings. The van der Waals surface area contributed by atoms with Crippen LogP contribution in [0.25, 0.3) is 0 Å². The number of rotatable bonds is 5. The Morgan fingerprint density at radius 1 is 1.16 bits per heavy atom. The molecular formula is C21H32O11. The van der Waals surface area contributed by atoms with Crippen LogP contribution < -0.4 is 0 Å². The van der Waals surface area contributed by atoms with Crippen molar-refractivity contribution in [3.05, 3.63) is 0 Å². The third kappa shape index (κ3) is 2.71. The van der Waals surface area contributed by atoms with Crippen LogP contribution in [0.3, 0.4) is 0 Å². The molecule has 5 fully saturated rings. The van der Waals surface area contributed by atoms with Gasteiger partial charge in [0.25, 0.3) is 0 Å². The van der Waals surface area contributed by atoms with Crippen LogP contribution in [0.5, 0.6) is 0 Å². The minimum atomic E-state index is -1.64. The third-order valence-electron chi connectivity index (χ3n) is 8.89. The summed E-state index contributed by atoms with van der Waals surface area (Å²) in [5, 5.41) is 61.4. The van der Waals surface area contributed by atoms with Crippen molar-refractivity contribution in [3.8, 4) is 0 Å². The van der Waals surface area contributed by atoms with E-state index in [1.54, 1.807) is 0 Å². The first kappa shape index (κ1) is 22.9. The molecule has 11 heteroatoms. The minimum absolute atomic E-state index is 0.112. The fourth-order valence-electron chi connectivity index (χ4n) is 7.05. The maximum Gasteiger partial charge on any atom is 0.310 e. The molecule has 3 aliphatic heterocycles. The first-order valence-corrected chi connectivity index (χ1v) is 11.2. The summed E-state index contributed by atoms with van der Waals surface area (Å²) in [4.78, 5) is 12.7. The van der Waals surface area contributed by atoms with Crippen LogP contribution in [0.2, 0.25) is 0 Å². The predicted octanol–water partition coefficient (Wildman–Crippen LogP) is -2.52. The summed E-state index contributed by atoms with van der Waals surface area (Å²) in [5.74, 6) is -1.51. The topological polar surface area (TPSA) is 175 Å². The van der Waals surface area contributed by atoms with Gasteiger partial charge in [0.05, 0.1) is 12.5 Å². The summed E-state index contributed by atoms with van der Waals surface area (Å²) >= 11 is 0. The van der Waals surface area contributed by atoms with E-state index in [-0.39, 0.29) is 36.8 Å². The van der Waals surface area contributed by atoms with Crippen LogP contribution in [-0.4, -0.2) is 105 Å². The van der Waals surface area contributed by atoms with Gasteiger partial charge in [-0.15, -0.1) is 0 Å². The van der Waals surface area contributed by atoms with Gasteiger partial charge in [0.15, 0.2) is 12.6 Å². The molecule has 14 atom stereocenters. The van der Waals surface area contributed by atoms with Gasteiger partial charge in [0, 0.05) is 17.9 Å². The molecule has 32 heavy (non-hydrogen) atoms. The van der Waals surface area contributed by atoms with Crippen molar-refractivity contribution < 1.29 is 54.4 Å². The number of hydrogen-bond acceptors (Lipinski definition) is 11. The molecule has 0 spiro atoms. The molecule has 6 N–H and O–H groups in total. The van der Waals surface area contributed by atoms with Gasteiger partial charge in [-0.3, -0.25) is 4.79 Å². The average molecular weight is 460 g/mol. The lowest BCUT2D eigenvalue weighted by molar-refractivity contribution is -0.351. The molecule has 3 heterocycles. The average Bonchev–Trinajstić information content (AvgIpc) is 3.29. The van der Waals surface area contributed by atoms with E-state index in [2.05, 4.69) is 0 Å². The van der Waals surface area contributed by atoms with E-state index in [0.29, 0.717) is 6.42 Å². The Kier molecular flexibility index (Phi) is 5.40.